The van der Waals surface area contributed by atoms with Crippen LogP contribution in [-0.2, 0) is 51.2 Å². The first kappa shape index (κ1) is 56.3. The molecule has 1 saturated heterocycles. The van der Waals surface area contributed by atoms with Crippen LogP contribution in [0.2, 0.25) is 0 Å². The highest BCUT2D eigenvalue weighted by Gasteiger charge is 2.41. The van der Waals surface area contributed by atoms with Gasteiger partial charge in [0, 0.05) is 69.6 Å². The van der Waals surface area contributed by atoms with Gasteiger partial charge in [-0.3, -0.25) is 38.4 Å². The van der Waals surface area contributed by atoms with Gasteiger partial charge < -0.3 is 48.3 Å². The molecule has 3 saturated carbocycles. The van der Waals surface area contributed by atoms with E-state index >= 15 is 0 Å². The molecule has 0 unspecified atom stereocenters. The van der Waals surface area contributed by atoms with Crippen molar-refractivity contribution in [1.82, 2.24) is 42.5 Å². The molecule has 77 heavy (non-hydrogen) atoms. The maximum absolute atomic E-state index is 14.1. The average Bonchev–Trinajstić information content (AvgIpc) is 4.25. The monoisotopic (exact) mass is 1050 g/mol. The lowest BCUT2D eigenvalue weighted by Gasteiger charge is -2.28. The van der Waals surface area contributed by atoms with E-state index in [1.807, 2.05) is 92.7 Å². The number of fused-ring (bicyclic) bond motifs is 2. The van der Waals surface area contributed by atoms with Gasteiger partial charge in [0.25, 0.3) is 0 Å². The standard InChI is InChI=1S/C60H79N9O8/c1-35(2)26-42(56(73)69-53-34-62-33-49(53)60(77)68-52-23-11-20-48(52)59(76)66-44(30-54(61)71)29-41-16-8-15-39-13-6-7-17-45(39)41)32-63-57(74)46-18-9-22-51(46)67-55(72)31-43(28-37-24-25-38-12-4-5-14-40(38)27-37)65-58(75)47-19-10-21-50(47)64-36(3)70/h4-8,12-17,24-25,27,35,42-44,46-53,62H,9-11,18-23,26,28-34H2,1-3H3,(H2,61,71)(H,63,74)(H,64,70)(H,65,75)(H,66,76)(H,67,72)(H,68,77)(H,69,73)/t42-,43-,44-,46-,47-,48-,49-,50+,51+,52+,53+/m0/s1. The van der Waals surface area contributed by atoms with Gasteiger partial charge in [0.15, 0.2) is 0 Å². The fourth-order valence-electron chi connectivity index (χ4n) is 12.6. The van der Waals surface area contributed by atoms with Crippen LogP contribution in [0.4, 0.5) is 0 Å². The Hall–Kier alpha value is -6.88. The highest BCUT2D eigenvalue weighted by atomic mass is 16.2. The first-order valence-corrected chi connectivity index (χ1v) is 28.1. The Labute approximate surface area is 451 Å². The molecule has 4 aromatic carbocycles. The van der Waals surface area contributed by atoms with Gasteiger partial charge in [-0.05, 0) is 96.4 Å². The van der Waals surface area contributed by atoms with E-state index in [9.17, 15) is 38.4 Å². The summed E-state index contributed by atoms with van der Waals surface area (Å²) in [5.41, 5.74) is 7.62. The summed E-state index contributed by atoms with van der Waals surface area (Å²) in [6.45, 7) is 6.25. The molecule has 0 aromatic heterocycles. The second kappa shape index (κ2) is 26.4. The molecule has 0 spiro atoms. The van der Waals surface area contributed by atoms with Gasteiger partial charge in [-0.25, -0.2) is 0 Å². The fraction of sp³-hybridized carbons (Fsp3) is 0.533. The minimum atomic E-state index is -0.599. The zero-order chi connectivity index (χ0) is 54.6. The number of nitrogens with one attached hydrogen (secondary N) is 8. The Balaban J connectivity index is 0.843. The molecule has 0 radical (unpaired) electrons. The second-order valence-electron chi connectivity index (χ2n) is 22.7. The van der Waals surface area contributed by atoms with Gasteiger partial charge in [0.1, 0.15) is 0 Å². The molecule has 8 amide bonds. The van der Waals surface area contributed by atoms with E-state index in [4.69, 9.17) is 5.73 Å². The van der Waals surface area contributed by atoms with Crippen LogP contribution in [0.1, 0.15) is 109 Å². The maximum atomic E-state index is 14.1. The fourth-order valence-corrected chi connectivity index (χ4v) is 12.6. The van der Waals surface area contributed by atoms with Crippen molar-refractivity contribution in [3.63, 3.8) is 0 Å². The number of benzene rings is 4. The molecule has 8 rings (SSSR count). The molecule has 0 bridgehead atoms. The molecular weight excluding hydrogens is 975 g/mol. The molecule has 3 aliphatic carbocycles. The topological polar surface area (TPSA) is 259 Å². The van der Waals surface area contributed by atoms with Gasteiger partial charge in [-0.15, -0.1) is 0 Å². The maximum Gasteiger partial charge on any atom is 0.226 e. The van der Waals surface area contributed by atoms with Crippen LogP contribution >= 0.6 is 0 Å². The van der Waals surface area contributed by atoms with Gasteiger partial charge in [0.2, 0.25) is 47.3 Å². The third-order valence-corrected chi connectivity index (χ3v) is 16.4. The number of amides is 8. The number of rotatable bonds is 23. The van der Waals surface area contributed by atoms with Crippen molar-refractivity contribution < 1.29 is 38.4 Å². The van der Waals surface area contributed by atoms with E-state index < -0.39 is 65.7 Å². The van der Waals surface area contributed by atoms with Crippen LogP contribution in [0.15, 0.2) is 84.9 Å². The number of hydrogen-bond donors (Lipinski definition) is 9. The van der Waals surface area contributed by atoms with Crippen molar-refractivity contribution in [2.24, 2.45) is 41.2 Å². The van der Waals surface area contributed by atoms with E-state index in [2.05, 4.69) is 48.6 Å². The molecule has 17 heteroatoms. The van der Waals surface area contributed by atoms with Gasteiger partial charge in [-0.2, -0.15) is 0 Å². The smallest absolute Gasteiger partial charge is 0.226 e. The van der Waals surface area contributed by atoms with E-state index in [-0.39, 0.29) is 72.7 Å². The van der Waals surface area contributed by atoms with Crippen molar-refractivity contribution >= 4 is 68.8 Å². The Kier molecular flexibility index (Phi) is 19.3. The van der Waals surface area contributed by atoms with Gasteiger partial charge in [0.05, 0.1) is 35.6 Å². The number of nitrogens with two attached hydrogens (primary N) is 1. The molecule has 4 fully saturated rings. The lowest BCUT2D eigenvalue weighted by molar-refractivity contribution is -0.130. The van der Waals surface area contributed by atoms with Gasteiger partial charge in [-0.1, -0.05) is 118 Å². The minimum absolute atomic E-state index is 0.00478. The summed E-state index contributed by atoms with van der Waals surface area (Å²) in [7, 11) is 0. The summed E-state index contributed by atoms with van der Waals surface area (Å²) in [6.07, 6.45) is 7.27. The Morgan fingerprint density at radius 2 is 1.17 bits per heavy atom. The third-order valence-electron chi connectivity index (χ3n) is 16.4. The van der Waals surface area contributed by atoms with E-state index in [0.29, 0.717) is 70.9 Å². The summed E-state index contributed by atoms with van der Waals surface area (Å²) in [4.78, 5) is 108. The first-order chi connectivity index (χ1) is 37.1. The number of primary amides is 1. The van der Waals surface area contributed by atoms with E-state index in [1.54, 1.807) is 0 Å². The zero-order valence-electron chi connectivity index (χ0n) is 44.9. The minimum Gasteiger partial charge on any atom is -0.370 e. The number of carbonyl (C=O) groups is 8. The van der Waals surface area contributed by atoms with Crippen molar-refractivity contribution in [2.75, 3.05) is 19.6 Å². The summed E-state index contributed by atoms with van der Waals surface area (Å²) < 4.78 is 0. The van der Waals surface area contributed by atoms with Crippen LogP contribution in [0.25, 0.3) is 21.5 Å². The van der Waals surface area contributed by atoms with Crippen molar-refractivity contribution in [2.45, 2.75) is 147 Å². The summed E-state index contributed by atoms with van der Waals surface area (Å²) in [5.74, 6) is -4.68. The summed E-state index contributed by atoms with van der Waals surface area (Å²) in [5, 5.41) is 29.1. The van der Waals surface area contributed by atoms with Crippen LogP contribution < -0.4 is 48.3 Å². The highest BCUT2D eigenvalue weighted by molar-refractivity contribution is 5.89. The second-order valence-corrected chi connectivity index (χ2v) is 22.7. The molecule has 4 aliphatic rings. The van der Waals surface area contributed by atoms with Crippen molar-refractivity contribution in [1.29, 1.82) is 0 Å². The molecule has 1 aliphatic heterocycles. The Bertz CT molecular complexity index is 2780. The third kappa shape index (κ3) is 15.2. The zero-order valence-corrected chi connectivity index (χ0v) is 44.9. The van der Waals surface area contributed by atoms with Crippen LogP contribution in [0.3, 0.4) is 0 Å². The Morgan fingerprint density at radius 1 is 0.571 bits per heavy atom. The number of carbonyl (C=O) groups excluding carboxylic acids is 8. The molecule has 4 aromatic rings. The lowest BCUT2D eigenvalue weighted by Crippen LogP contribution is -2.53. The average molecular weight is 1050 g/mol. The molecular formula is C60H79N9O8. The quantitative estimate of drug-likeness (QED) is 0.0511. The molecule has 1 heterocycles. The predicted octanol–water partition coefficient (Wildman–Crippen LogP) is 4.37. The van der Waals surface area contributed by atoms with Crippen molar-refractivity contribution in [3.05, 3.63) is 96.1 Å². The molecule has 11 atom stereocenters. The first-order valence-electron chi connectivity index (χ1n) is 28.1. The molecule has 10 N–H and O–H groups in total. The SMILES string of the molecule is CC(=O)N[C@@H]1CCC[C@@H]1C(=O)N[C@H](CC(=O)N[C@@H]1CCC[C@@H]1C(=O)NC[C@H](CC(C)C)C(=O)N[C@@H]1CNC[C@@H]1C(=O)N[C@@H]1CCC[C@@H]1C(=O)N[C@H](CC(N)=O)Cc1cccc2ccccc12)Cc1ccc2ccccc2c1. The normalized spacial score (nSPS) is 24.2. The van der Waals surface area contributed by atoms with Crippen LogP contribution in [0.5, 0.6) is 0 Å². The molecule has 17 nitrogen and oxygen atoms in total. The largest absolute Gasteiger partial charge is 0.370 e. The van der Waals surface area contributed by atoms with E-state index in [1.165, 1.54) is 6.92 Å². The summed E-state index contributed by atoms with van der Waals surface area (Å²) in [6, 6.07) is 25.3. The van der Waals surface area contributed by atoms with Gasteiger partial charge >= 0.3 is 0 Å². The van der Waals surface area contributed by atoms with Crippen LogP contribution in [0, 0.1) is 35.5 Å². The van der Waals surface area contributed by atoms with Crippen LogP contribution in [-0.4, -0.2) is 103 Å². The lowest BCUT2D eigenvalue weighted by atomic mass is 9.93. The predicted molar refractivity (Wildman–Crippen MR) is 295 cm³/mol. The van der Waals surface area contributed by atoms with E-state index in [0.717, 1.165) is 51.9 Å². The Morgan fingerprint density at radius 3 is 1.83 bits per heavy atom. The highest BCUT2D eigenvalue weighted by Crippen LogP contribution is 2.30. The summed E-state index contributed by atoms with van der Waals surface area (Å²) >= 11 is 0. The number of hydrogen-bond acceptors (Lipinski definition) is 9. The molecule has 412 valence electrons. The van der Waals surface area contributed by atoms with Crippen molar-refractivity contribution in [3.8, 4) is 0 Å².